The molecule has 1 saturated carbocycles. The van der Waals surface area contributed by atoms with Crippen molar-refractivity contribution in [1.82, 2.24) is 10.2 Å². The minimum Gasteiger partial charge on any atom is -0.314 e. The molecule has 0 spiro atoms. The average Bonchev–Trinajstić information content (AvgIpc) is 3.31. The van der Waals surface area contributed by atoms with Crippen molar-refractivity contribution < 1.29 is 0 Å². The fraction of sp³-hybridized carbons (Fsp3) is 0.667. The highest BCUT2D eigenvalue weighted by Crippen LogP contribution is 2.28. The molecule has 21 heavy (non-hydrogen) atoms. The molecule has 1 aromatic rings. The van der Waals surface area contributed by atoms with Gasteiger partial charge in [0.1, 0.15) is 0 Å². The van der Waals surface area contributed by atoms with Gasteiger partial charge in [-0.3, -0.25) is 0 Å². The molecule has 0 radical (unpaired) electrons. The minimum absolute atomic E-state index is 0.555. The molecule has 2 aliphatic rings. The van der Waals surface area contributed by atoms with Gasteiger partial charge in [-0.25, -0.2) is 0 Å². The normalized spacial score (nSPS) is 22.4. The number of benzene rings is 1. The Morgan fingerprint density at radius 3 is 2.67 bits per heavy atom. The van der Waals surface area contributed by atoms with E-state index in [1.54, 1.807) is 0 Å². The first-order valence-corrected chi connectivity index (χ1v) is 8.79. The molecule has 2 fully saturated rings. The first-order valence-electron chi connectivity index (χ1n) is 8.42. The van der Waals surface area contributed by atoms with E-state index in [0.717, 1.165) is 23.5 Å². The minimum atomic E-state index is 0.555. The van der Waals surface area contributed by atoms with Gasteiger partial charge in [-0.1, -0.05) is 30.7 Å². The highest BCUT2D eigenvalue weighted by molar-refractivity contribution is 6.30. The van der Waals surface area contributed by atoms with Crippen molar-refractivity contribution in [3.05, 3.63) is 34.9 Å². The van der Waals surface area contributed by atoms with E-state index in [9.17, 15) is 0 Å². The van der Waals surface area contributed by atoms with E-state index in [1.165, 1.54) is 50.9 Å². The van der Waals surface area contributed by atoms with Crippen LogP contribution in [-0.2, 0) is 0 Å². The third-order valence-electron chi connectivity index (χ3n) is 4.93. The second-order valence-electron chi connectivity index (χ2n) is 6.88. The highest BCUT2D eigenvalue weighted by Gasteiger charge is 2.24. The highest BCUT2D eigenvalue weighted by atomic mass is 35.5. The summed E-state index contributed by atoms with van der Waals surface area (Å²) in [7, 11) is 0. The Labute approximate surface area is 133 Å². The van der Waals surface area contributed by atoms with Crippen molar-refractivity contribution in [3.8, 4) is 0 Å². The average molecular weight is 307 g/mol. The van der Waals surface area contributed by atoms with Gasteiger partial charge in [0.2, 0.25) is 0 Å². The molecule has 1 saturated heterocycles. The third kappa shape index (κ3) is 4.70. The molecular formula is C18H27ClN2. The van der Waals surface area contributed by atoms with Gasteiger partial charge in [-0.2, -0.15) is 0 Å². The smallest absolute Gasteiger partial charge is 0.0408 e. The fourth-order valence-electron chi connectivity index (χ4n) is 3.28. The van der Waals surface area contributed by atoms with E-state index < -0.39 is 0 Å². The molecule has 1 N–H and O–H groups in total. The van der Waals surface area contributed by atoms with Crippen molar-refractivity contribution in [2.45, 2.75) is 44.6 Å². The van der Waals surface area contributed by atoms with E-state index in [4.69, 9.17) is 11.6 Å². The summed E-state index contributed by atoms with van der Waals surface area (Å²) in [5, 5.41) is 4.60. The number of nitrogens with zero attached hydrogens (tertiary/aromatic N) is 1. The van der Waals surface area contributed by atoms with Gasteiger partial charge in [0.15, 0.2) is 0 Å². The van der Waals surface area contributed by atoms with Crippen molar-refractivity contribution in [1.29, 1.82) is 0 Å². The topological polar surface area (TPSA) is 15.3 Å². The summed E-state index contributed by atoms with van der Waals surface area (Å²) in [5.74, 6) is 1.55. The zero-order chi connectivity index (χ0) is 14.7. The molecule has 2 nitrogen and oxygen atoms in total. The van der Waals surface area contributed by atoms with Gasteiger partial charge in [0.05, 0.1) is 0 Å². The van der Waals surface area contributed by atoms with Crippen LogP contribution in [0.1, 0.15) is 44.1 Å². The predicted octanol–water partition coefficient (Wildman–Crippen LogP) is 3.91. The molecule has 0 amide bonds. The van der Waals surface area contributed by atoms with E-state index in [2.05, 4.69) is 35.3 Å². The van der Waals surface area contributed by atoms with E-state index in [-0.39, 0.29) is 0 Å². The van der Waals surface area contributed by atoms with E-state index >= 15 is 0 Å². The number of piperidine rings is 1. The maximum absolute atomic E-state index is 6.09. The SMILES string of the molecule is CC(CN1CCC(NCC2CC2)CC1)c1cccc(Cl)c1. The lowest BCUT2D eigenvalue weighted by molar-refractivity contribution is 0.189. The number of likely N-dealkylation sites (tertiary alicyclic amines) is 1. The van der Waals surface area contributed by atoms with Crippen molar-refractivity contribution in [2.24, 2.45) is 5.92 Å². The monoisotopic (exact) mass is 306 g/mol. The first kappa shape index (κ1) is 15.3. The van der Waals surface area contributed by atoms with Gasteiger partial charge in [-0.05, 0) is 74.8 Å². The molecule has 116 valence electrons. The second kappa shape index (κ2) is 7.13. The lowest BCUT2D eigenvalue weighted by Crippen LogP contribution is -2.44. The quantitative estimate of drug-likeness (QED) is 0.857. The molecule has 1 atom stereocenters. The zero-order valence-corrected chi connectivity index (χ0v) is 13.8. The summed E-state index contributed by atoms with van der Waals surface area (Å²) in [6, 6.07) is 9.07. The van der Waals surface area contributed by atoms with E-state index in [1.807, 2.05) is 6.07 Å². The van der Waals surface area contributed by atoms with Crippen molar-refractivity contribution in [3.63, 3.8) is 0 Å². The molecule has 0 bridgehead atoms. The van der Waals surface area contributed by atoms with Crippen LogP contribution in [0.15, 0.2) is 24.3 Å². The maximum atomic E-state index is 6.09. The van der Waals surface area contributed by atoms with Gasteiger partial charge < -0.3 is 10.2 Å². The van der Waals surface area contributed by atoms with Crippen LogP contribution >= 0.6 is 11.6 Å². The molecule has 0 aromatic heterocycles. The molecule has 3 rings (SSSR count). The number of halogens is 1. The Bertz CT molecular complexity index is 450. The Morgan fingerprint density at radius 2 is 2.00 bits per heavy atom. The van der Waals surface area contributed by atoms with Crippen LogP contribution in [0.4, 0.5) is 0 Å². The Kier molecular flexibility index (Phi) is 5.20. The lowest BCUT2D eigenvalue weighted by atomic mass is 9.98. The van der Waals surface area contributed by atoms with Crippen molar-refractivity contribution >= 4 is 11.6 Å². The van der Waals surface area contributed by atoms with E-state index in [0.29, 0.717) is 5.92 Å². The second-order valence-corrected chi connectivity index (χ2v) is 7.32. The van der Waals surface area contributed by atoms with Gasteiger partial charge in [-0.15, -0.1) is 0 Å². The summed E-state index contributed by atoms with van der Waals surface area (Å²) in [4.78, 5) is 2.61. The number of hydrogen-bond acceptors (Lipinski definition) is 2. The molecular weight excluding hydrogens is 280 g/mol. The third-order valence-corrected chi connectivity index (χ3v) is 5.16. The van der Waals surface area contributed by atoms with Crippen molar-refractivity contribution in [2.75, 3.05) is 26.2 Å². The molecule has 1 unspecified atom stereocenters. The molecule has 3 heteroatoms. The summed E-state index contributed by atoms with van der Waals surface area (Å²) in [5.41, 5.74) is 1.36. The molecule has 1 aromatic carbocycles. The Hall–Kier alpha value is -0.570. The summed E-state index contributed by atoms with van der Waals surface area (Å²) in [6.45, 7) is 7.17. The van der Waals surface area contributed by atoms with Crippen LogP contribution in [-0.4, -0.2) is 37.1 Å². The fourth-order valence-corrected chi connectivity index (χ4v) is 3.48. The molecule has 1 aliphatic heterocycles. The van der Waals surface area contributed by atoms with Gasteiger partial charge >= 0.3 is 0 Å². The van der Waals surface area contributed by atoms with Gasteiger partial charge in [0.25, 0.3) is 0 Å². The number of hydrogen-bond donors (Lipinski definition) is 1. The van der Waals surface area contributed by atoms with Crippen LogP contribution in [0.2, 0.25) is 5.02 Å². The standard InChI is InChI=1S/C18H27ClN2/c1-14(16-3-2-4-17(19)11-16)13-21-9-7-18(8-10-21)20-12-15-5-6-15/h2-4,11,14-15,18,20H,5-10,12-13H2,1H3. The Balaban J connectivity index is 1.41. The number of rotatable bonds is 6. The van der Waals surface area contributed by atoms with Crippen LogP contribution in [0.3, 0.4) is 0 Å². The maximum Gasteiger partial charge on any atom is 0.0408 e. The molecule has 1 aliphatic carbocycles. The van der Waals surface area contributed by atoms with Crippen LogP contribution in [0, 0.1) is 5.92 Å². The van der Waals surface area contributed by atoms with Crippen LogP contribution in [0.5, 0.6) is 0 Å². The largest absolute Gasteiger partial charge is 0.314 e. The summed E-state index contributed by atoms with van der Waals surface area (Å²) in [6.07, 6.45) is 5.50. The van der Waals surface area contributed by atoms with Gasteiger partial charge in [0, 0.05) is 17.6 Å². The van der Waals surface area contributed by atoms with Crippen LogP contribution < -0.4 is 5.32 Å². The zero-order valence-electron chi connectivity index (χ0n) is 13.0. The summed E-state index contributed by atoms with van der Waals surface area (Å²) < 4.78 is 0. The lowest BCUT2D eigenvalue weighted by Gasteiger charge is -2.34. The Morgan fingerprint density at radius 1 is 1.24 bits per heavy atom. The molecule has 1 heterocycles. The summed E-state index contributed by atoms with van der Waals surface area (Å²) >= 11 is 6.09. The van der Waals surface area contributed by atoms with Crippen LogP contribution in [0.25, 0.3) is 0 Å². The number of nitrogens with one attached hydrogen (secondary N) is 1. The first-order chi connectivity index (χ1) is 10.2. The predicted molar refractivity (Wildman–Crippen MR) is 90.1 cm³/mol.